The number of hydrogen-bond donors (Lipinski definition) is 1. The predicted octanol–water partition coefficient (Wildman–Crippen LogP) is 2.25. The molecule has 0 aromatic heterocycles. The zero-order chi connectivity index (χ0) is 20.5. The number of carbonyl (C=O) groups excluding carboxylic acids is 2. The third kappa shape index (κ3) is 5.28. The maximum atomic E-state index is 14.4. The molecule has 1 N–H and O–H groups in total. The summed E-state index contributed by atoms with van der Waals surface area (Å²) in [6.45, 7) is -0.270. The first-order valence-electron chi connectivity index (χ1n) is 8.27. The molecular formula is C20H19FN2O5. The van der Waals surface area contributed by atoms with Gasteiger partial charge in [0.05, 0.1) is 24.3 Å². The molecule has 2 aromatic rings. The van der Waals surface area contributed by atoms with Crippen molar-refractivity contribution in [3.63, 3.8) is 0 Å². The first kappa shape index (κ1) is 20.9. The maximum absolute atomic E-state index is 14.4. The van der Waals surface area contributed by atoms with Crippen molar-refractivity contribution in [2.45, 2.75) is 12.6 Å². The van der Waals surface area contributed by atoms with Crippen LogP contribution in [0.2, 0.25) is 0 Å². The molecule has 28 heavy (non-hydrogen) atoms. The highest BCUT2D eigenvalue weighted by Crippen LogP contribution is 2.30. The van der Waals surface area contributed by atoms with E-state index in [1.807, 2.05) is 6.07 Å². The summed E-state index contributed by atoms with van der Waals surface area (Å²) in [6.07, 6.45) is -1.28. The van der Waals surface area contributed by atoms with Crippen LogP contribution >= 0.6 is 0 Å². The second-order valence-corrected chi connectivity index (χ2v) is 5.66. The zero-order valence-electron chi connectivity index (χ0n) is 15.4. The van der Waals surface area contributed by atoms with E-state index in [1.54, 1.807) is 24.3 Å². The number of nitriles is 1. The lowest BCUT2D eigenvalue weighted by atomic mass is 10.1. The van der Waals surface area contributed by atoms with E-state index in [2.05, 4.69) is 10.1 Å². The third-order valence-corrected chi connectivity index (χ3v) is 3.87. The summed E-state index contributed by atoms with van der Waals surface area (Å²) in [5.74, 6) is -1.93. The molecule has 0 fully saturated rings. The van der Waals surface area contributed by atoms with Gasteiger partial charge in [0.2, 0.25) is 0 Å². The van der Waals surface area contributed by atoms with Crippen LogP contribution in [0, 0.1) is 17.1 Å². The number of carbonyl (C=O) groups is 2. The van der Waals surface area contributed by atoms with Crippen molar-refractivity contribution in [1.82, 2.24) is 5.32 Å². The van der Waals surface area contributed by atoms with Crippen molar-refractivity contribution in [3.05, 3.63) is 65.0 Å². The summed E-state index contributed by atoms with van der Waals surface area (Å²) in [7, 11) is 2.47. The largest absolute Gasteiger partial charge is 0.481 e. The summed E-state index contributed by atoms with van der Waals surface area (Å²) in [4.78, 5) is 23.9. The topological polar surface area (TPSA) is 97.7 Å². The Morgan fingerprint density at radius 3 is 2.50 bits per heavy atom. The van der Waals surface area contributed by atoms with Crippen molar-refractivity contribution < 1.29 is 28.2 Å². The Kier molecular flexibility index (Phi) is 7.48. The molecule has 0 saturated carbocycles. The molecular weight excluding hydrogens is 367 g/mol. The maximum Gasteiger partial charge on any atom is 0.343 e. The molecule has 0 saturated heterocycles. The van der Waals surface area contributed by atoms with Crippen LogP contribution in [0.1, 0.15) is 22.8 Å². The second-order valence-electron chi connectivity index (χ2n) is 5.66. The molecule has 0 radical (unpaired) electrons. The number of ether oxygens (including phenoxy) is 3. The highest BCUT2D eigenvalue weighted by atomic mass is 19.1. The lowest BCUT2D eigenvalue weighted by molar-refractivity contribution is -0.142. The first-order valence-corrected chi connectivity index (χ1v) is 8.27. The number of nitrogens with zero attached hydrogens (tertiary/aromatic N) is 1. The molecule has 8 heteroatoms. The SMILES string of the molecule is COC(=O)COc1cccc(F)c1C(OC)C(=O)NCc1ccc(C#N)cc1. The van der Waals surface area contributed by atoms with Crippen LogP contribution in [-0.2, 0) is 25.6 Å². The molecule has 0 heterocycles. The molecule has 1 atom stereocenters. The minimum atomic E-state index is -1.28. The number of halogens is 1. The van der Waals surface area contributed by atoms with Crippen molar-refractivity contribution >= 4 is 11.9 Å². The van der Waals surface area contributed by atoms with E-state index in [1.165, 1.54) is 32.4 Å². The van der Waals surface area contributed by atoms with Crippen LogP contribution in [0.4, 0.5) is 4.39 Å². The van der Waals surface area contributed by atoms with E-state index in [0.29, 0.717) is 5.56 Å². The second kappa shape index (κ2) is 10.0. The lowest BCUT2D eigenvalue weighted by Gasteiger charge is -2.19. The van der Waals surface area contributed by atoms with Gasteiger partial charge < -0.3 is 19.5 Å². The van der Waals surface area contributed by atoms with Crippen LogP contribution in [-0.4, -0.2) is 32.7 Å². The fourth-order valence-electron chi connectivity index (χ4n) is 2.43. The van der Waals surface area contributed by atoms with E-state index < -0.39 is 30.4 Å². The van der Waals surface area contributed by atoms with Gasteiger partial charge in [-0.25, -0.2) is 9.18 Å². The summed E-state index contributed by atoms with van der Waals surface area (Å²) >= 11 is 0. The summed E-state index contributed by atoms with van der Waals surface area (Å²) < 4.78 is 29.4. The van der Waals surface area contributed by atoms with Crippen molar-refractivity contribution in [2.24, 2.45) is 0 Å². The molecule has 0 spiro atoms. The van der Waals surface area contributed by atoms with Gasteiger partial charge in [0, 0.05) is 13.7 Å². The van der Waals surface area contributed by atoms with Crippen LogP contribution in [0.3, 0.4) is 0 Å². The smallest absolute Gasteiger partial charge is 0.343 e. The molecule has 0 aliphatic carbocycles. The fraction of sp³-hybridized carbons (Fsp3) is 0.250. The zero-order valence-corrected chi connectivity index (χ0v) is 15.4. The van der Waals surface area contributed by atoms with Gasteiger partial charge >= 0.3 is 5.97 Å². The van der Waals surface area contributed by atoms with E-state index in [-0.39, 0.29) is 17.9 Å². The monoisotopic (exact) mass is 386 g/mol. The van der Waals surface area contributed by atoms with Gasteiger partial charge in [-0.3, -0.25) is 4.79 Å². The fourth-order valence-corrected chi connectivity index (χ4v) is 2.43. The molecule has 0 bridgehead atoms. The minimum absolute atomic E-state index is 0.00535. The Morgan fingerprint density at radius 1 is 1.18 bits per heavy atom. The number of benzene rings is 2. The van der Waals surface area contributed by atoms with Crippen LogP contribution < -0.4 is 10.1 Å². The Hall–Kier alpha value is -3.44. The van der Waals surface area contributed by atoms with Crippen molar-refractivity contribution in [3.8, 4) is 11.8 Å². The molecule has 2 rings (SSSR count). The van der Waals surface area contributed by atoms with E-state index >= 15 is 0 Å². The number of methoxy groups -OCH3 is 2. The molecule has 0 aliphatic heterocycles. The molecule has 1 unspecified atom stereocenters. The lowest BCUT2D eigenvalue weighted by Crippen LogP contribution is -2.31. The Labute approximate surface area is 161 Å². The quantitative estimate of drug-likeness (QED) is 0.699. The van der Waals surface area contributed by atoms with Gasteiger partial charge in [0.15, 0.2) is 12.7 Å². The first-order chi connectivity index (χ1) is 13.5. The standard InChI is InChI=1S/C20H19FN2O5/c1-26-17(24)12-28-16-5-3-4-15(21)18(16)19(27-2)20(25)23-11-14-8-6-13(10-22)7-9-14/h3-9,19H,11-12H2,1-2H3,(H,23,25). The van der Waals surface area contributed by atoms with Crippen molar-refractivity contribution in [2.75, 3.05) is 20.8 Å². The third-order valence-electron chi connectivity index (χ3n) is 3.87. The van der Waals surface area contributed by atoms with E-state index in [0.717, 1.165) is 5.56 Å². The number of amides is 1. The number of hydrogen-bond acceptors (Lipinski definition) is 6. The van der Waals surface area contributed by atoms with Gasteiger partial charge in [0.25, 0.3) is 5.91 Å². The average molecular weight is 386 g/mol. The van der Waals surface area contributed by atoms with Gasteiger partial charge in [-0.05, 0) is 29.8 Å². The molecule has 0 aliphatic rings. The molecule has 1 amide bonds. The number of rotatable bonds is 8. The predicted molar refractivity (Wildman–Crippen MR) is 96.7 cm³/mol. The Balaban J connectivity index is 2.15. The number of nitrogens with one attached hydrogen (secondary N) is 1. The summed E-state index contributed by atoms with van der Waals surface area (Å²) in [5.41, 5.74) is 1.15. The average Bonchev–Trinajstić information content (AvgIpc) is 2.72. The van der Waals surface area contributed by atoms with Gasteiger partial charge in [-0.1, -0.05) is 18.2 Å². The van der Waals surface area contributed by atoms with Crippen LogP contribution in [0.5, 0.6) is 5.75 Å². The normalized spacial score (nSPS) is 11.2. The molecule has 7 nitrogen and oxygen atoms in total. The summed E-state index contributed by atoms with van der Waals surface area (Å²) in [5, 5.41) is 11.5. The Morgan fingerprint density at radius 2 is 1.89 bits per heavy atom. The molecule has 2 aromatic carbocycles. The molecule has 146 valence electrons. The van der Waals surface area contributed by atoms with Gasteiger partial charge in [-0.2, -0.15) is 5.26 Å². The number of esters is 1. The highest BCUT2D eigenvalue weighted by molar-refractivity contribution is 5.83. The van der Waals surface area contributed by atoms with Crippen LogP contribution in [0.25, 0.3) is 0 Å². The van der Waals surface area contributed by atoms with Crippen molar-refractivity contribution in [1.29, 1.82) is 5.26 Å². The Bertz CT molecular complexity index is 877. The summed E-state index contributed by atoms with van der Waals surface area (Å²) in [6, 6.07) is 12.7. The van der Waals surface area contributed by atoms with Gasteiger partial charge in [-0.15, -0.1) is 0 Å². The highest BCUT2D eigenvalue weighted by Gasteiger charge is 2.27. The van der Waals surface area contributed by atoms with Crippen LogP contribution in [0.15, 0.2) is 42.5 Å². The van der Waals surface area contributed by atoms with Gasteiger partial charge in [0.1, 0.15) is 11.6 Å². The minimum Gasteiger partial charge on any atom is -0.481 e. The van der Waals surface area contributed by atoms with E-state index in [4.69, 9.17) is 14.7 Å². The van der Waals surface area contributed by atoms with E-state index in [9.17, 15) is 14.0 Å².